The Labute approximate surface area is 76.9 Å². The van der Waals surface area contributed by atoms with Crippen LogP contribution in [0.3, 0.4) is 0 Å². The molecule has 13 heavy (non-hydrogen) atoms. The average Bonchev–Trinajstić information content (AvgIpc) is 2.42. The van der Waals surface area contributed by atoms with Crippen LogP contribution in [0.5, 0.6) is 11.5 Å². The molecule has 0 fully saturated rings. The Morgan fingerprint density at radius 1 is 1.54 bits per heavy atom. The number of rotatable bonds is 1. The van der Waals surface area contributed by atoms with Crippen LogP contribution in [0.4, 0.5) is 0 Å². The van der Waals surface area contributed by atoms with Crippen LogP contribution >= 0.6 is 0 Å². The van der Waals surface area contributed by atoms with E-state index in [0.29, 0.717) is 6.61 Å². The second-order valence-electron chi connectivity index (χ2n) is 3.42. The number of ether oxygens (including phenoxy) is 2. The van der Waals surface area contributed by atoms with Crippen molar-refractivity contribution < 1.29 is 14.6 Å². The van der Waals surface area contributed by atoms with Gasteiger partial charge in [0, 0.05) is 5.56 Å². The standard InChI is InChI=1S/C10H12O3/c1-10(11)6-13-9-4-3-7(12-2)5-8(9)10/h3-5,11H,6H2,1-2H3. The number of methoxy groups -OCH3 is 1. The zero-order chi connectivity index (χ0) is 9.47. The topological polar surface area (TPSA) is 38.7 Å². The zero-order valence-corrected chi connectivity index (χ0v) is 7.70. The van der Waals surface area contributed by atoms with Gasteiger partial charge in [-0.25, -0.2) is 0 Å². The van der Waals surface area contributed by atoms with Crippen molar-refractivity contribution >= 4 is 0 Å². The quantitative estimate of drug-likeness (QED) is 0.707. The number of fused-ring (bicyclic) bond motifs is 1. The van der Waals surface area contributed by atoms with Gasteiger partial charge < -0.3 is 14.6 Å². The first-order chi connectivity index (χ1) is 6.13. The van der Waals surface area contributed by atoms with Crippen molar-refractivity contribution in [2.24, 2.45) is 0 Å². The van der Waals surface area contributed by atoms with Crippen LogP contribution in [0.1, 0.15) is 12.5 Å². The molecule has 70 valence electrons. The molecular formula is C10H12O3. The molecule has 0 saturated carbocycles. The summed E-state index contributed by atoms with van der Waals surface area (Å²) in [6, 6.07) is 5.44. The lowest BCUT2D eigenvalue weighted by molar-refractivity contribution is 0.0348. The summed E-state index contributed by atoms with van der Waals surface area (Å²) in [4.78, 5) is 0. The highest BCUT2D eigenvalue weighted by Gasteiger charge is 2.34. The van der Waals surface area contributed by atoms with E-state index in [0.717, 1.165) is 17.1 Å². The molecule has 3 heteroatoms. The Morgan fingerprint density at radius 3 is 3.00 bits per heavy atom. The van der Waals surface area contributed by atoms with E-state index in [1.54, 1.807) is 14.0 Å². The Hall–Kier alpha value is -1.22. The van der Waals surface area contributed by atoms with E-state index in [9.17, 15) is 5.11 Å². The van der Waals surface area contributed by atoms with Gasteiger partial charge in [-0.3, -0.25) is 0 Å². The Bertz CT molecular complexity index is 331. The Kier molecular flexibility index (Phi) is 1.70. The molecule has 0 saturated heterocycles. The highest BCUT2D eigenvalue weighted by atomic mass is 16.5. The fraction of sp³-hybridized carbons (Fsp3) is 0.400. The molecule has 2 rings (SSSR count). The fourth-order valence-electron chi connectivity index (χ4n) is 1.48. The smallest absolute Gasteiger partial charge is 0.125 e. The van der Waals surface area contributed by atoms with Crippen LogP contribution in [-0.2, 0) is 5.60 Å². The predicted octanol–water partition coefficient (Wildman–Crippen LogP) is 1.30. The molecule has 0 radical (unpaired) electrons. The molecule has 3 nitrogen and oxygen atoms in total. The van der Waals surface area contributed by atoms with Crippen LogP contribution in [-0.4, -0.2) is 18.8 Å². The predicted molar refractivity (Wildman–Crippen MR) is 48.1 cm³/mol. The molecular weight excluding hydrogens is 168 g/mol. The molecule has 0 amide bonds. The van der Waals surface area contributed by atoms with Crippen LogP contribution in [0.2, 0.25) is 0 Å². The summed E-state index contributed by atoms with van der Waals surface area (Å²) >= 11 is 0. The van der Waals surface area contributed by atoms with E-state index >= 15 is 0 Å². The van der Waals surface area contributed by atoms with E-state index in [4.69, 9.17) is 9.47 Å². The number of hydrogen-bond donors (Lipinski definition) is 1. The SMILES string of the molecule is COc1ccc2c(c1)C(C)(O)CO2. The second kappa shape index (κ2) is 2.64. The molecule has 1 N–H and O–H groups in total. The first kappa shape index (κ1) is 8.38. The molecule has 0 spiro atoms. The maximum atomic E-state index is 9.89. The lowest BCUT2D eigenvalue weighted by Crippen LogP contribution is -2.22. The maximum Gasteiger partial charge on any atom is 0.125 e. The van der Waals surface area contributed by atoms with Crippen molar-refractivity contribution in [3.8, 4) is 11.5 Å². The van der Waals surface area contributed by atoms with Gasteiger partial charge in [0.05, 0.1) is 7.11 Å². The average molecular weight is 180 g/mol. The van der Waals surface area contributed by atoms with Gasteiger partial charge in [0.25, 0.3) is 0 Å². The lowest BCUT2D eigenvalue weighted by Gasteiger charge is -2.14. The van der Waals surface area contributed by atoms with Crippen LogP contribution in [0.15, 0.2) is 18.2 Å². The monoisotopic (exact) mass is 180 g/mol. The van der Waals surface area contributed by atoms with Crippen molar-refractivity contribution in [3.63, 3.8) is 0 Å². The summed E-state index contributed by atoms with van der Waals surface area (Å²) in [7, 11) is 1.60. The van der Waals surface area contributed by atoms with E-state index in [2.05, 4.69) is 0 Å². The van der Waals surface area contributed by atoms with Gasteiger partial charge >= 0.3 is 0 Å². The number of aliphatic hydroxyl groups is 1. The molecule has 1 heterocycles. The van der Waals surface area contributed by atoms with Crippen LogP contribution < -0.4 is 9.47 Å². The van der Waals surface area contributed by atoms with E-state index in [-0.39, 0.29) is 0 Å². The molecule has 1 atom stereocenters. The molecule has 0 aliphatic carbocycles. The summed E-state index contributed by atoms with van der Waals surface area (Å²) < 4.78 is 10.4. The van der Waals surface area contributed by atoms with Crippen molar-refractivity contribution in [2.45, 2.75) is 12.5 Å². The zero-order valence-electron chi connectivity index (χ0n) is 7.70. The van der Waals surface area contributed by atoms with Crippen LogP contribution in [0.25, 0.3) is 0 Å². The van der Waals surface area contributed by atoms with Gasteiger partial charge in [0.2, 0.25) is 0 Å². The van der Waals surface area contributed by atoms with Crippen molar-refractivity contribution in [2.75, 3.05) is 13.7 Å². The molecule has 0 bridgehead atoms. The van der Waals surface area contributed by atoms with E-state index in [1.807, 2.05) is 18.2 Å². The van der Waals surface area contributed by atoms with Crippen molar-refractivity contribution in [1.29, 1.82) is 0 Å². The molecule has 1 aliphatic rings. The van der Waals surface area contributed by atoms with Gasteiger partial charge in [-0.05, 0) is 25.1 Å². The third kappa shape index (κ3) is 1.25. The van der Waals surface area contributed by atoms with Crippen molar-refractivity contribution in [1.82, 2.24) is 0 Å². The number of benzene rings is 1. The summed E-state index contributed by atoms with van der Waals surface area (Å²) in [5.74, 6) is 1.48. The van der Waals surface area contributed by atoms with Crippen LogP contribution in [0, 0.1) is 0 Å². The summed E-state index contributed by atoms with van der Waals surface area (Å²) in [6.07, 6.45) is 0. The third-order valence-electron chi connectivity index (χ3n) is 2.28. The minimum Gasteiger partial charge on any atom is -0.497 e. The maximum absolute atomic E-state index is 9.89. The first-order valence-corrected chi connectivity index (χ1v) is 4.17. The van der Waals surface area contributed by atoms with Gasteiger partial charge in [-0.15, -0.1) is 0 Å². The normalized spacial score (nSPS) is 25.2. The third-order valence-corrected chi connectivity index (χ3v) is 2.28. The highest BCUT2D eigenvalue weighted by Crippen LogP contribution is 2.38. The first-order valence-electron chi connectivity index (χ1n) is 4.17. The van der Waals surface area contributed by atoms with E-state index in [1.165, 1.54) is 0 Å². The Balaban J connectivity index is 2.50. The largest absolute Gasteiger partial charge is 0.497 e. The van der Waals surface area contributed by atoms with Gasteiger partial charge in [-0.1, -0.05) is 0 Å². The summed E-state index contributed by atoms with van der Waals surface area (Å²) in [5.41, 5.74) is -0.0870. The van der Waals surface area contributed by atoms with E-state index < -0.39 is 5.60 Å². The minimum absolute atomic E-state index is 0.315. The summed E-state index contributed by atoms with van der Waals surface area (Å²) in [5, 5.41) is 9.89. The fourth-order valence-corrected chi connectivity index (χ4v) is 1.48. The van der Waals surface area contributed by atoms with Crippen molar-refractivity contribution in [3.05, 3.63) is 23.8 Å². The molecule has 1 aromatic carbocycles. The molecule has 0 aromatic heterocycles. The minimum atomic E-state index is -0.885. The lowest BCUT2D eigenvalue weighted by atomic mass is 9.98. The second-order valence-corrected chi connectivity index (χ2v) is 3.42. The Morgan fingerprint density at radius 2 is 2.31 bits per heavy atom. The molecule has 1 aliphatic heterocycles. The highest BCUT2D eigenvalue weighted by molar-refractivity contribution is 5.46. The van der Waals surface area contributed by atoms with Gasteiger partial charge in [0.15, 0.2) is 0 Å². The van der Waals surface area contributed by atoms with Gasteiger partial charge in [-0.2, -0.15) is 0 Å². The molecule has 1 aromatic rings. The molecule has 1 unspecified atom stereocenters. The van der Waals surface area contributed by atoms with Gasteiger partial charge in [0.1, 0.15) is 23.7 Å². The number of hydrogen-bond acceptors (Lipinski definition) is 3. The summed E-state index contributed by atoms with van der Waals surface area (Å²) in [6.45, 7) is 2.05.